The van der Waals surface area contributed by atoms with Gasteiger partial charge in [0.05, 0.1) is 19.3 Å². The predicted octanol–water partition coefficient (Wildman–Crippen LogP) is 0.593. The Morgan fingerprint density at radius 2 is 2.05 bits per heavy atom. The largest absolute Gasteiger partial charge is 0.461 e. The van der Waals surface area contributed by atoms with Crippen molar-refractivity contribution in [3.8, 4) is 0 Å². The van der Waals surface area contributed by atoms with E-state index in [9.17, 15) is 14.7 Å². The lowest BCUT2D eigenvalue weighted by Gasteiger charge is -2.23. The van der Waals surface area contributed by atoms with E-state index in [1.165, 1.54) is 0 Å². The number of carbonyl (C=O) groups excluding carboxylic acids is 2. The van der Waals surface area contributed by atoms with E-state index in [4.69, 9.17) is 14.2 Å². The van der Waals surface area contributed by atoms with Crippen LogP contribution in [0.1, 0.15) is 34.1 Å². The van der Waals surface area contributed by atoms with Gasteiger partial charge in [0.2, 0.25) is 0 Å². The Morgan fingerprint density at radius 3 is 2.65 bits per heavy atom. The van der Waals surface area contributed by atoms with E-state index in [0.29, 0.717) is 6.42 Å². The summed E-state index contributed by atoms with van der Waals surface area (Å²) >= 11 is 0. The molecule has 0 aromatic heterocycles. The lowest BCUT2D eigenvalue weighted by molar-refractivity contribution is -0.151. The number of rotatable bonds is 1. The highest BCUT2D eigenvalue weighted by atomic mass is 16.6. The fraction of sp³-hybridized carbons (Fsp3) is 0.846. The molecular formula is C13H23NO6. The normalized spacial score (nSPS) is 28.6. The average Bonchev–Trinajstić information content (AvgIpc) is 2.28. The van der Waals surface area contributed by atoms with Crippen molar-refractivity contribution in [2.24, 2.45) is 0 Å². The molecule has 0 bridgehead atoms. The number of nitrogens with one attached hydrogen (secondary N) is 1. The van der Waals surface area contributed by atoms with Gasteiger partial charge in [-0.25, -0.2) is 9.59 Å². The monoisotopic (exact) mass is 289 g/mol. The molecule has 116 valence electrons. The average molecular weight is 289 g/mol. The maximum Gasteiger partial charge on any atom is 0.408 e. The maximum absolute atomic E-state index is 11.9. The van der Waals surface area contributed by atoms with Gasteiger partial charge in [-0.1, -0.05) is 0 Å². The Bertz CT molecular complexity index is 351. The number of hydrogen-bond donors (Lipinski definition) is 2. The quantitative estimate of drug-likeness (QED) is 0.686. The summed E-state index contributed by atoms with van der Waals surface area (Å²) in [6, 6.07) is -0.947. The molecule has 1 heterocycles. The molecular weight excluding hydrogens is 266 g/mol. The molecule has 0 aromatic carbocycles. The molecule has 0 radical (unpaired) electrons. The van der Waals surface area contributed by atoms with Crippen LogP contribution in [0.3, 0.4) is 0 Å². The summed E-state index contributed by atoms with van der Waals surface area (Å²) in [4.78, 5) is 23.5. The summed E-state index contributed by atoms with van der Waals surface area (Å²) in [6.45, 7) is 6.88. The molecule has 1 aliphatic heterocycles. The SMILES string of the molecule is C[C@H]1C[C@@H](O)COC[C@H](NC(=O)OC(C)(C)C)C(=O)O1. The second kappa shape index (κ2) is 6.90. The lowest BCUT2D eigenvalue weighted by Crippen LogP contribution is -2.47. The molecule has 1 aliphatic rings. The van der Waals surface area contributed by atoms with Crippen LogP contribution in [-0.4, -0.2) is 54.2 Å². The van der Waals surface area contributed by atoms with Crippen LogP contribution >= 0.6 is 0 Å². The molecule has 0 aromatic rings. The van der Waals surface area contributed by atoms with Crippen LogP contribution in [0.25, 0.3) is 0 Å². The van der Waals surface area contributed by atoms with Crippen LogP contribution in [0.4, 0.5) is 4.79 Å². The van der Waals surface area contributed by atoms with E-state index in [-0.39, 0.29) is 13.2 Å². The van der Waals surface area contributed by atoms with Gasteiger partial charge in [0.15, 0.2) is 6.04 Å². The smallest absolute Gasteiger partial charge is 0.408 e. The van der Waals surface area contributed by atoms with Crippen molar-refractivity contribution in [2.45, 2.75) is 58.0 Å². The molecule has 1 fully saturated rings. The van der Waals surface area contributed by atoms with Gasteiger partial charge in [0.1, 0.15) is 11.7 Å². The number of hydrogen-bond acceptors (Lipinski definition) is 6. The number of aliphatic hydroxyl groups is 1. The van der Waals surface area contributed by atoms with Crippen molar-refractivity contribution >= 4 is 12.1 Å². The Kier molecular flexibility index (Phi) is 5.76. The van der Waals surface area contributed by atoms with E-state index < -0.39 is 35.9 Å². The van der Waals surface area contributed by atoms with E-state index in [2.05, 4.69) is 5.32 Å². The number of ether oxygens (including phenoxy) is 3. The number of esters is 1. The van der Waals surface area contributed by atoms with Crippen molar-refractivity contribution in [3.05, 3.63) is 0 Å². The van der Waals surface area contributed by atoms with Crippen LogP contribution in [0, 0.1) is 0 Å². The molecule has 20 heavy (non-hydrogen) atoms. The van der Waals surface area contributed by atoms with Crippen molar-refractivity contribution in [1.82, 2.24) is 5.32 Å². The number of aliphatic hydroxyl groups excluding tert-OH is 1. The van der Waals surface area contributed by atoms with Gasteiger partial charge in [-0.05, 0) is 27.7 Å². The minimum atomic E-state index is -0.947. The second-order valence-corrected chi connectivity index (χ2v) is 5.87. The Morgan fingerprint density at radius 1 is 1.40 bits per heavy atom. The summed E-state index contributed by atoms with van der Waals surface area (Å²) in [7, 11) is 0. The first-order valence-corrected chi connectivity index (χ1v) is 6.63. The number of cyclic esters (lactones) is 1. The third-order valence-electron chi connectivity index (χ3n) is 2.49. The Balaban J connectivity index is 2.61. The third kappa shape index (κ3) is 6.21. The molecule has 3 atom stereocenters. The highest BCUT2D eigenvalue weighted by Gasteiger charge is 2.29. The minimum absolute atomic E-state index is 0.0676. The van der Waals surface area contributed by atoms with Gasteiger partial charge in [0.25, 0.3) is 0 Å². The standard InChI is InChI=1S/C13H23NO6/c1-8-5-9(15)6-18-7-10(11(16)19-8)14-12(17)20-13(2,3)4/h8-10,15H,5-7H2,1-4H3,(H,14,17)/t8-,9+,10-/m0/s1. The first-order valence-electron chi connectivity index (χ1n) is 6.63. The van der Waals surface area contributed by atoms with E-state index >= 15 is 0 Å². The van der Waals surface area contributed by atoms with Crippen molar-refractivity contribution in [1.29, 1.82) is 0 Å². The van der Waals surface area contributed by atoms with Crippen LogP contribution in [0.15, 0.2) is 0 Å². The minimum Gasteiger partial charge on any atom is -0.461 e. The van der Waals surface area contributed by atoms with Crippen LogP contribution in [0.5, 0.6) is 0 Å². The Hall–Kier alpha value is -1.34. The maximum atomic E-state index is 11.9. The van der Waals surface area contributed by atoms with Crippen LogP contribution in [-0.2, 0) is 19.0 Å². The summed E-state index contributed by atoms with van der Waals surface area (Å²) in [5, 5.41) is 12.0. The highest BCUT2D eigenvalue weighted by molar-refractivity contribution is 5.81. The predicted molar refractivity (Wildman–Crippen MR) is 70.2 cm³/mol. The van der Waals surface area contributed by atoms with Gasteiger partial charge in [-0.3, -0.25) is 0 Å². The first kappa shape index (κ1) is 16.7. The fourth-order valence-corrected chi connectivity index (χ4v) is 1.72. The molecule has 7 heteroatoms. The Labute approximate surface area is 118 Å². The van der Waals surface area contributed by atoms with Crippen molar-refractivity contribution in [3.63, 3.8) is 0 Å². The topological polar surface area (TPSA) is 94.1 Å². The van der Waals surface area contributed by atoms with Gasteiger partial charge in [-0.2, -0.15) is 0 Å². The zero-order valence-corrected chi connectivity index (χ0v) is 12.3. The van der Waals surface area contributed by atoms with Crippen LogP contribution < -0.4 is 5.32 Å². The van der Waals surface area contributed by atoms with Crippen molar-refractivity contribution < 1.29 is 28.9 Å². The zero-order chi connectivity index (χ0) is 15.3. The zero-order valence-electron chi connectivity index (χ0n) is 12.3. The molecule has 0 aliphatic carbocycles. The summed E-state index contributed by atoms with van der Waals surface area (Å²) in [6.07, 6.45) is -1.55. The molecule has 1 rings (SSSR count). The summed E-state index contributed by atoms with van der Waals surface area (Å²) < 4.78 is 15.4. The molecule has 0 unspecified atom stereocenters. The van der Waals surface area contributed by atoms with Crippen LogP contribution in [0.2, 0.25) is 0 Å². The van der Waals surface area contributed by atoms with Gasteiger partial charge in [-0.15, -0.1) is 0 Å². The molecule has 0 spiro atoms. The molecule has 1 saturated heterocycles. The molecule has 1 amide bonds. The number of amides is 1. The first-order chi connectivity index (χ1) is 9.17. The van der Waals surface area contributed by atoms with E-state index in [1.54, 1.807) is 27.7 Å². The summed E-state index contributed by atoms with van der Waals surface area (Å²) in [5.41, 5.74) is -0.656. The van der Waals surface area contributed by atoms with Gasteiger partial charge < -0.3 is 24.6 Å². The number of alkyl carbamates (subject to hydrolysis) is 1. The molecule has 2 N–H and O–H groups in total. The number of carbonyl (C=O) groups is 2. The van der Waals surface area contributed by atoms with Gasteiger partial charge in [0, 0.05) is 6.42 Å². The highest BCUT2D eigenvalue weighted by Crippen LogP contribution is 2.10. The van der Waals surface area contributed by atoms with Crippen molar-refractivity contribution in [2.75, 3.05) is 13.2 Å². The fourth-order valence-electron chi connectivity index (χ4n) is 1.72. The molecule has 0 saturated carbocycles. The summed E-state index contributed by atoms with van der Waals surface area (Å²) in [5.74, 6) is -0.600. The van der Waals surface area contributed by atoms with Gasteiger partial charge >= 0.3 is 12.1 Å². The van der Waals surface area contributed by atoms with E-state index in [0.717, 1.165) is 0 Å². The second-order valence-electron chi connectivity index (χ2n) is 5.87. The van der Waals surface area contributed by atoms with E-state index in [1.807, 2.05) is 0 Å². The third-order valence-corrected chi connectivity index (χ3v) is 2.49. The molecule has 7 nitrogen and oxygen atoms in total. The lowest BCUT2D eigenvalue weighted by atomic mass is 10.2.